The quantitative estimate of drug-likeness (QED) is 0.878. The van der Waals surface area contributed by atoms with Gasteiger partial charge in [0.25, 0.3) is 0 Å². The lowest BCUT2D eigenvalue weighted by atomic mass is 9.49. The van der Waals surface area contributed by atoms with Crippen LogP contribution < -0.4 is 5.32 Å². The Hall–Kier alpha value is -1.58. The van der Waals surface area contributed by atoms with Crippen molar-refractivity contribution >= 4 is 11.6 Å². The Kier molecular flexibility index (Phi) is 3.00. The van der Waals surface area contributed by atoms with E-state index >= 15 is 0 Å². The number of aryl methyl sites for hydroxylation is 2. The molecule has 118 valence electrons. The molecule has 1 aromatic heterocycles. The first-order valence-corrected chi connectivity index (χ1v) is 8.44. The molecular formula is C18H24N2O2. The molecular weight excluding hydrogens is 276 g/mol. The SMILES string of the molecule is Cc1cc(NC(=O)C23CC4CC(CC(C4)C2)C3)c(O)c(C)n1. The van der Waals surface area contributed by atoms with Crippen LogP contribution in [0.3, 0.4) is 0 Å². The fourth-order valence-electron chi connectivity index (χ4n) is 5.56. The first kappa shape index (κ1) is 14.0. The van der Waals surface area contributed by atoms with Gasteiger partial charge < -0.3 is 10.4 Å². The monoisotopic (exact) mass is 300 g/mol. The number of aromatic nitrogens is 1. The molecule has 0 aromatic carbocycles. The van der Waals surface area contributed by atoms with Crippen LogP contribution in [0.25, 0.3) is 0 Å². The van der Waals surface area contributed by atoms with Gasteiger partial charge in [0.1, 0.15) is 0 Å². The van der Waals surface area contributed by atoms with E-state index in [-0.39, 0.29) is 17.1 Å². The van der Waals surface area contributed by atoms with Gasteiger partial charge in [-0.3, -0.25) is 9.78 Å². The lowest BCUT2D eigenvalue weighted by Gasteiger charge is -2.55. The summed E-state index contributed by atoms with van der Waals surface area (Å²) in [5.41, 5.74) is 1.72. The Morgan fingerprint density at radius 3 is 2.27 bits per heavy atom. The largest absolute Gasteiger partial charge is 0.504 e. The minimum Gasteiger partial charge on any atom is -0.504 e. The van der Waals surface area contributed by atoms with Crippen LogP contribution in [0.15, 0.2) is 6.07 Å². The van der Waals surface area contributed by atoms with Crippen molar-refractivity contribution < 1.29 is 9.90 Å². The summed E-state index contributed by atoms with van der Waals surface area (Å²) in [6, 6.07) is 1.76. The Balaban J connectivity index is 1.60. The van der Waals surface area contributed by atoms with E-state index in [1.807, 2.05) is 6.92 Å². The second-order valence-electron chi connectivity index (χ2n) is 7.90. The average molecular weight is 300 g/mol. The summed E-state index contributed by atoms with van der Waals surface area (Å²) in [7, 11) is 0. The first-order chi connectivity index (χ1) is 10.4. The summed E-state index contributed by atoms with van der Waals surface area (Å²) in [5, 5.41) is 13.2. The molecule has 1 heterocycles. The standard InChI is InChI=1S/C18H24N2O2/c1-10-3-15(16(21)11(2)19-10)20-17(22)18-7-12-4-13(8-18)6-14(5-12)9-18/h3,12-14,21H,4-9H2,1-2H3,(H,19,20,22). The van der Waals surface area contributed by atoms with E-state index in [9.17, 15) is 9.90 Å². The van der Waals surface area contributed by atoms with E-state index < -0.39 is 0 Å². The molecule has 4 saturated carbocycles. The van der Waals surface area contributed by atoms with E-state index in [1.54, 1.807) is 13.0 Å². The zero-order valence-corrected chi connectivity index (χ0v) is 13.4. The van der Waals surface area contributed by atoms with E-state index in [4.69, 9.17) is 0 Å². The van der Waals surface area contributed by atoms with Gasteiger partial charge in [-0.05, 0) is 76.2 Å². The molecule has 1 amide bonds. The molecule has 0 radical (unpaired) electrons. The maximum Gasteiger partial charge on any atom is 0.230 e. The fourth-order valence-corrected chi connectivity index (χ4v) is 5.56. The Morgan fingerprint density at radius 2 is 1.73 bits per heavy atom. The van der Waals surface area contributed by atoms with Gasteiger partial charge >= 0.3 is 0 Å². The predicted octanol–water partition coefficient (Wildman–Crippen LogP) is 3.56. The molecule has 4 aliphatic carbocycles. The van der Waals surface area contributed by atoms with Gasteiger partial charge in [-0.1, -0.05) is 0 Å². The van der Waals surface area contributed by atoms with Crippen LogP contribution in [0.1, 0.15) is 49.9 Å². The molecule has 0 spiro atoms. The highest BCUT2D eigenvalue weighted by Crippen LogP contribution is 2.60. The number of rotatable bonds is 2. The summed E-state index contributed by atoms with van der Waals surface area (Å²) in [4.78, 5) is 17.2. The maximum absolute atomic E-state index is 13.0. The molecule has 0 unspecified atom stereocenters. The number of amides is 1. The lowest BCUT2D eigenvalue weighted by molar-refractivity contribution is -0.140. The normalized spacial score (nSPS) is 35.6. The van der Waals surface area contributed by atoms with Crippen molar-refractivity contribution in [3.05, 3.63) is 17.5 Å². The van der Waals surface area contributed by atoms with Crippen molar-refractivity contribution in [1.29, 1.82) is 0 Å². The van der Waals surface area contributed by atoms with Crippen LogP contribution in [0.5, 0.6) is 5.75 Å². The van der Waals surface area contributed by atoms with Crippen LogP contribution in [0, 0.1) is 37.0 Å². The van der Waals surface area contributed by atoms with Gasteiger partial charge in [0, 0.05) is 5.69 Å². The number of hydrogen-bond acceptors (Lipinski definition) is 3. The summed E-state index contributed by atoms with van der Waals surface area (Å²) in [6.07, 6.45) is 7.08. The molecule has 0 atom stereocenters. The third-order valence-electron chi connectivity index (χ3n) is 6.06. The van der Waals surface area contributed by atoms with Crippen molar-refractivity contribution in [1.82, 2.24) is 4.98 Å². The smallest absolute Gasteiger partial charge is 0.230 e. The van der Waals surface area contributed by atoms with Crippen LogP contribution >= 0.6 is 0 Å². The molecule has 4 aliphatic rings. The number of aromatic hydroxyl groups is 1. The highest BCUT2D eigenvalue weighted by molar-refractivity contribution is 5.97. The maximum atomic E-state index is 13.0. The second-order valence-corrected chi connectivity index (χ2v) is 7.90. The fraction of sp³-hybridized carbons (Fsp3) is 0.667. The molecule has 4 bridgehead atoms. The van der Waals surface area contributed by atoms with Crippen LogP contribution in [0.4, 0.5) is 5.69 Å². The highest BCUT2D eigenvalue weighted by atomic mass is 16.3. The van der Waals surface area contributed by atoms with Crippen molar-refractivity contribution in [3.63, 3.8) is 0 Å². The van der Waals surface area contributed by atoms with Crippen LogP contribution in [-0.2, 0) is 4.79 Å². The summed E-state index contributed by atoms with van der Waals surface area (Å²) in [5.74, 6) is 2.44. The van der Waals surface area contributed by atoms with E-state index in [2.05, 4.69) is 10.3 Å². The van der Waals surface area contributed by atoms with Crippen LogP contribution in [0.2, 0.25) is 0 Å². The topological polar surface area (TPSA) is 62.2 Å². The highest BCUT2D eigenvalue weighted by Gasteiger charge is 2.54. The summed E-state index contributed by atoms with van der Waals surface area (Å²) < 4.78 is 0. The average Bonchev–Trinajstić information content (AvgIpc) is 2.42. The van der Waals surface area contributed by atoms with Gasteiger partial charge in [0.2, 0.25) is 5.91 Å². The number of hydrogen-bond donors (Lipinski definition) is 2. The minimum atomic E-state index is -0.188. The van der Waals surface area contributed by atoms with Crippen molar-refractivity contribution in [2.24, 2.45) is 23.2 Å². The molecule has 22 heavy (non-hydrogen) atoms. The van der Waals surface area contributed by atoms with Gasteiger partial charge in [0.05, 0.1) is 16.8 Å². The summed E-state index contributed by atoms with van der Waals surface area (Å²) >= 11 is 0. The Morgan fingerprint density at radius 1 is 1.18 bits per heavy atom. The lowest BCUT2D eigenvalue weighted by Crippen LogP contribution is -2.51. The number of anilines is 1. The Bertz CT molecular complexity index is 603. The van der Waals surface area contributed by atoms with Crippen molar-refractivity contribution in [3.8, 4) is 5.75 Å². The van der Waals surface area contributed by atoms with Gasteiger partial charge in [-0.15, -0.1) is 0 Å². The zero-order valence-electron chi connectivity index (χ0n) is 13.4. The van der Waals surface area contributed by atoms with Crippen molar-refractivity contribution in [2.75, 3.05) is 5.32 Å². The van der Waals surface area contributed by atoms with E-state index in [1.165, 1.54) is 19.3 Å². The van der Waals surface area contributed by atoms with E-state index in [0.29, 0.717) is 11.4 Å². The molecule has 4 nitrogen and oxygen atoms in total. The van der Waals surface area contributed by atoms with Gasteiger partial charge in [-0.2, -0.15) is 0 Å². The predicted molar refractivity (Wildman–Crippen MR) is 84.6 cm³/mol. The van der Waals surface area contributed by atoms with Crippen LogP contribution in [-0.4, -0.2) is 16.0 Å². The number of carbonyl (C=O) groups excluding carboxylic acids is 1. The van der Waals surface area contributed by atoms with Gasteiger partial charge in [0.15, 0.2) is 5.75 Å². The molecule has 4 heteroatoms. The Labute approximate surface area is 131 Å². The summed E-state index contributed by atoms with van der Waals surface area (Å²) in [6.45, 7) is 3.65. The number of carbonyl (C=O) groups is 1. The number of pyridine rings is 1. The van der Waals surface area contributed by atoms with E-state index in [0.717, 1.165) is 42.7 Å². The molecule has 0 aliphatic heterocycles. The third kappa shape index (κ3) is 2.11. The minimum absolute atomic E-state index is 0.101. The molecule has 1 aromatic rings. The molecule has 5 rings (SSSR count). The number of nitrogens with one attached hydrogen (secondary N) is 1. The molecule has 2 N–H and O–H groups in total. The first-order valence-electron chi connectivity index (χ1n) is 8.44. The number of nitrogens with zero attached hydrogens (tertiary/aromatic N) is 1. The van der Waals surface area contributed by atoms with Gasteiger partial charge in [-0.25, -0.2) is 0 Å². The second kappa shape index (κ2) is 4.71. The molecule has 4 fully saturated rings. The molecule has 0 saturated heterocycles. The zero-order chi connectivity index (χ0) is 15.5. The third-order valence-corrected chi connectivity index (χ3v) is 6.06. The van der Waals surface area contributed by atoms with Crippen molar-refractivity contribution in [2.45, 2.75) is 52.4 Å².